The number of hydrogen-bond acceptors (Lipinski definition) is 5. The summed E-state index contributed by atoms with van der Waals surface area (Å²) in [5.41, 5.74) is 5.59. The van der Waals surface area contributed by atoms with Gasteiger partial charge >= 0.3 is 0 Å². The molecule has 1 aliphatic heterocycles. The number of carbonyl (C=O) groups excluding carboxylic acids is 2. The summed E-state index contributed by atoms with van der Waals surface area (Å²) >= 11 is 1.48. The lowest BCUT2D eigenvalue weighted by atomic mass is 9.88. The Morgan fingerprint density at radius 3 is 2.86 bits per heavy atom. The van der Waals surface area contributed by atoms with Gasteiger partial charge in [-0.2, -0.15) is 0 Å². The second-order valence-corrected chi connectivity index (χ2v) is 6.49. The van der Waals surface area contributed by atoms with Crippen LogP contribution in [0.15, 0.2) is 23.7 Å². The Kier molecular flexibility index (Phi) is 2.29. The highest BCUT2D eigenvalue weighted by Gasteiger charge is 2.35. The van der Waals surface area contributed by atoms with Gasteiger partial charge in [-0.1, -0.05) is 0 Å². The maximum atomic E-state index is 12.9. The van der Waals surface area contributed by atoms with Gasteiger partial charge in [0.2, 0.25) is 5.78 Å². The third kappa shape index (κ3) is 1.43. The van der Waals surface area contributed by atoms with E-state index in [-0.39, 0.29) is 11.6 Å². The molecule has 0 atom stereocenters. The second-order valence-electron chi connectivity index (χ2n) is 5.60. The average Bonchev–Trinajstić information content (AvgIpc) is 3.15. The fourth-order valence-electron chi connectivity index (χ4n) is 3.38. The Labute approximate surface area is 129 Å². The van der Waals surface area contributed by atoms with E-state index in [0.717, 1.165) is 29.0 Å². The molecule has 1 N–H and O–H groups in total. The number of aromatic nitrogens is 2. The molecule has 0 fully saturated rings. The number of nitrogens with one attached hydrogen (secondary N) is 1. The molecule has 0 radical (unpaired) electrons. The molecule has 0 unspecified atom stereocenters. The van der Waals surface area contributed by atoms with Gasteiger partial charge in [-0.15, -0.1) is 11.3 Å². The fourth-order valence-corrected chi connectivity index (χ4v) is 4.08. The molecule has 2 aromatic heterocycles. The quantitative estimate of drug-likeness (QED) is 0.539. The van der Waals surface area contributed by atoms with Crippen molar-refractivity contribution >= 4 is 33.1 Å². The molecular weight excluding hydrogens is 298 g/mol. The first-order chi connectivity index (χ1) is 10.7. The molecule has 22 heavy (non-hydrogen) atoms. The van der Waals surface area contributed by atoms with Gasteiger partial charge in [0, 0.05) is 36.5 Å². The average molecular weight is 309 g/mol. The largest absolute Gasteiger partial charge is 0.339 e. The molecule has 5 rings (SSSR count). The van der Waals surface area contributed by atoms with Crippen LogP contribution < -0.4 is 5.32 Å². The van der Waals surface area contributed by atoms with Crippen molar-refractivity contribution in [1.82, 2.24) is 14.9 Å². The highest BCUT2D eigenvalue weighted by Crippen LogP contribution is 2.33. The molecule has 108 valence electrons. The lowest BCUT2D eigenvalue weighted by molar-refractivity contribution is 0.0973. The monoisotopic (exact) mass is 309 g/mol. The summed E-state index contributed by atoms with van der Waals surface area (Å²) in [6.07, 6.45) is 0. The van der Waals surface area contributed by atoms with Gasteiger partial charge < -0.3 is 9.88 Å². The molecule has 1 aliphatic carbocycles. The second kappa shape index (κ2) is 4.12. The maximum absolute atomic E-state index is 12.9. The van der Waals surface area contributed by atoms with Crippen LogP contribution in [0.4, 0.5) is 0 Å². The molecule has 2 aliphatic rings. The van der Waals surface area contributed by atoms with Gasteiger partial charge in [0.1, 0.15) is 5.69 Å². The van der Waals surface area contributed by atoms with Crippen molar-refractivity contribution in [3.63, 3.8) is 0 Å². The number of ketones is 2. The van der Waals surface area contributed by atoms with E-state index in [2.05, 4.69) is 10.3 Å². The number of carbonyl (C=O) groups is 2. The van der Waals surface area contributed by atoms with Crippen LogP contribution in [0.5, 0.6) is 0 Å². The molecule has 0 bridgehead atoms. The van der Waals surface area contributed by atoms with Crippen LogP contribution in [-0.4, -0.2) is 27.7 Å². The third-order valence-corrected chi connectivity index (χ3v) is 5.21. The van der Waals surface area contributed by atoms with Crippen LogP contribution in [0.2, 0.25) is 0 Å². The first kappa shape index (κ1) is 12.3. The number of rotatable bonds is 0. The number of fused-ring (bicyclic) bond motifs is 5. The van der Waals surface area contributed by atoms with Gasteiger partial charge in [0.05, 0.1) is 21.3 Å². The van der Waals surface area contributed by atoms with Gasteiger partial charge in [-0.05, 0) is 18.2 Å². The van der Waals surface area contributed by atoms with E-state index in [1.165, 1.54) is 11.3 Å². The van der Waals surface area contributed by atoms with Crippen LogP contribution >= 0.6 is 11.3 Å². The third-order valence-electron chi connectivity index (χ3n) is 4.42. The summed E-state index contributed by atoms with van der Waals surface area (Å²) < 4.78 is 2.93. The van der Waals surface area contributed by atoms with E-state index in [9.17, 15) is 9.59 Å². The lowest BCUT2D eigenvalue weighted by Crippen LogP contribution is -2.30. The van der Waals surface area contributed by atoms with Crippen molar-refractivity contribution in [2.75, 3.05) is 6.54 Å². The fraction of sp³-hybridized carbons (Fsp3) is 0.188. The summed E-state index contributed by atoms with van der Waals surface area (Å²) in [7, 11) is 0. The summed E-state index contributed by atoms with van der Waals surface area (Å²) in [4.78, 5) is 30.0. The van der Waals surface area contributed by atoms with Gasteiger partial charge in [0.25, 0.3) is 0 Å². The molecule has 5 nitrogen and oxygen atoms in total. The molecular formula is C16H11N3O2S. The Hall–Kier alpha value is -2.31. The minimum Gasteiger partial charge on any atom is -0.339 e. The van der Waals surface area contributed by atoms with Crippen LogP contribution in [0.3, 0.4) is 0 Å². The number of hydrogen-bond donors (Lipinski definition) is 1. The van der Waals surface area contributed by atoms with Crippen LogP contribution in [-0.2, 0) is 13.1 Å². The lowest BCUT2D eigenvalue weighted by Gasteiger charge is -2.21. The molecule has 0 saturated heterocycles. The maximum Gasteiger partial charge on any atom is 0.210 e. The molecule has 3 heterocycles. The molecule has 0 saturated carbocycles. The Morgan fingerprint density at radius 1 is 1.09 bits per heavy atom. The summed E-state index contributed by atoms with van der Waals surface area (Å²) in [5.74, 6) is -0.116. The highest BCUT2D eigenvalue weighted by atomic mass is 32.1. The summed E-state index contributed by atoms with van der Waals surface area (Å²) in [6, 6.07) is 5.42. The zero-order chi connectivity index (χ0) is 14.8. The highest BCUT2D eigenvalue weighted by molar-refractivity contribution is 7.16. The van der Waals surface area contributed by atoms with Crippen LogP contribution in [0.25, 0.3) is 10.2 Å². The topological polar surface area (TPSA) is 64.0 Å². The van der Waals surface area contributed by atoms with E-state index in [1.807, 2.05) is 16.7 Å². The predicted molar refractivity (Wildman–Crippen MR) is 82.6 cm³/mol. The van der Waals surface area contributed by atoms with Crippen molar-refractivity contribution in [3.8, 4) is 0 Å². The Morgan fingerprint density at radius 2 is 1.95 bits per heavy atom. The standard InChI is InChI=1S/C16H11N3O2S/c20-15-9-4-12-13(22-7-18-12)5-10(9)16(21)14-11(15)3-8-6-17-1-2-19(8)14/h3-5,7,17H,1-2,6H2. The molecule has 1 aromatic carbocycles. The summed E-state index contributed by atoms with van der Waals surface area (Å²) in [6.45, 7) is 2.23. The van der Waals surface area contributed by atoms with E-state index in [4.69, 9.17) is 0 Å². The molecule has 0 amide bonds. The zero-order valence-corrected chi connectivity index (χ0v) is 12.4. The van der Waals surface area contributed by atoms with E-state index < -0.39 is 0 Å². The van der Waals surface area contributed by atoms with Gasteiger partial charge in [-0.25, -0.2) is 4.98 Å². The number of benzene rings is 1. The SMILES string of the molecule is O=C1c2cc3ncsc3cc2C(=O)c2c1cc1n2CCNC1. The van der Waals surface area contributed by atoms with Crippen molar-refractivity contribution in [1.29, 1.82) is 0 Å². The molecule has 0 spiro atoms. The first-order valence-electron chi connectivity index (χ1n) is 7.14. The van der Waals surface area contributed by atoms with Crippen molar-refractivity contribution < 1.29 is 9.59 Å². The smallest absolute Gasteiger partial charge is 0.210 e. The van der Waals surface area contributed by atoms with Gasteiger partial charge in [-0.3, -0.25) is 9.59 Å². The van der Waals surface area contributed by atoms with Crippen LogP contribution in [0, 0.1) is 0 Å². The van der Waals surface area contributed by atoms with E-state index >= 15 is 0 Å². The number of thiazole rings is 1. The Balaban J connectivity index is 1.82. The van der Waals surface area contributed by atoms with Crippen LogP contribution in [0.1, 0.15) is 37.7 Å². The first-order valence-corrected chi connectivity index (χ1v) is 8.02. The molecule has 3 aromatic rings. The van der Waals surface area contributed by atoms with Gasteiger partial charge in [0.15, 0.2) is 5.78 Å². The number of nitrogens with zero attached hydrogens (tertiary/aromatic N) is 2. The van der Waals surface area contributed by atoms with Crippen molar-refractivity contribution in [3.05, 3.63) is 51.8 Å². The van der Waals surface area contributed by atoms with E-state index in [1.54, 1.807) is 11.6 Å². The molecule has 6 heteroatoms. The minimum absolute atomic E-state index is 0.0481. The normalized spacial score (nSPS) is 16.5. The zero-order valence-electron chi connectivity index (χ0n) is 11.5. The van der Waals surface area contributed by atoms with E-state index in [0.29, 0.717) is 28.9 Å². The predicted octanol–water partition coefficient (Wildman–Crippen LogP) is 1.98. The van der Waals surface area contributed by atoms with Crippen molar-refractivity contribution in [2.45, 2.75) is 13.1 Å². The summed E-state index contributed by atoms with van der Waals surface area (Å²) in [5, 5.41) is 3.27. The minimum atomic E-state index is -0.0681. The Bertz CT molecular complexity index is 983. The van der Waals surface area contributed by atoms with Crippen molar-refractivity contribution in [2.24, 2.45) is 0 Å².